The molecule has 9 heteroatoms. The van der Waals surface area contributed by atoms with E-state index in [1.54, 1.807) is 18.7 Å². The fourth-order valence-electron chi connectivity index (χ4n) is 2.24. The van der Waals surface area contributed by atoms with Gasteiger partial charge in [-0.2, -0.15) is 18.2 Å². The Balaban J connectivity index is 0.00000220. The summed E-state index contributed by atoms with van der Waals surface area (Å²) < 4.78 is 43.2. The Bertz CT molecular complexity index is 458. The second-order valence-electron chi connectivity index (χ2n) is 5.85. The lowest BCUT2D eigenvalue weighted by Gasteiger charge is -2.32. The largest absolute Gasteiger partial charge is 0.393 e. The Morgan fingerprint density at radius 2 is 2.05 bits per heavy atom. The maximum Gasteiger partial charge on any atom is 0.393 e. The number of rotatable bonds is 3. The minimum absolute atomic E-state index is 0. The first-order valence-electron chi connectivity index (χ1n) is 6.57. The molecule has 1 aromatic rings. The number of aromatic nitrogens is 2. The Hall–Kier alpha value is -0.860. The summed E-state index contributed by atoms with van der Waals surface area (Å²) in [6.45, 7) is 4.30. The molecule has 21 heavy (non-hydrogen) atoms. The van der Waals surface area contributed by atoms with Gasteiger partial charge in [-0.05, 0) is 33.2 Å². The van der Waals surface area contributed by atoms with Crippen LogP contribution in [0, 0.1) is 5.92 Å². The molecule has 0 saturated carbocycles. The van der Waals surface area contributed by atoms with Gasteiger partial charge in [0.2, 0.25) is 5.89 Å². The number of alkyl halides is 3. The molecule has 1 fully saturated rings. The average Bonchev–Trinajstić information content (AvgIpc) is 2.76. The van der Waals surface area contributed by atoms with Crippen molar-refractivity contribution in [3.63, 3.8) is 0 Å². The molecule has 5 nitrogen and oxygen atoms in total. The van der Waals surface area contributed by atoms with Crippen LogP contribution < -0.4 is 5.73 Å². The number of likely N-dealkylation sites (tertiary alicyclic amines) is 1. The number of piperidine rings is 1. The van der Waals surface area contributed by atoms with Crippen molar-refractivity contribution in [3.05, 3.63) is 11.7 Å². The summed E-state index contributed by atoms with van der Waals surface area (Å²) in [5.41, 5.74) is 5.11. The van der Waals surface area contributed by atoms with Gasteiger partial charge in [-0.25, -0.2) is 0 Å². The maximum absolute atomic E-state index is 12.7. The second-order valence-corrected chi connectivity index (χ2v) is 5.85. The highest BCUT2D eigenvalue weighted by Gasteiger charge is 2.41. The van der Waals surface area contributed by atoms with E-state index in [1.165, 1.54) is 0 Å². The molecular weight excluding hydrogens is 309 g/mol. The molecule has 1 aromatic heterocycles. The fraction of sp³-hybridized carbons (Fsp3) is 0.833. The predicted octanol–water partition coefficient (Wildman–Crippen LogP) is 2.46. The SMILES string of the molecule is CC(C)(N)c1noc(CN2CCCC(C(F)(F)F)C2)n1.Cl. The van der Waals surface area contributed by atoms with Crippen LogP contribution in [-0.2, 0) is 12.1 Å². The third-order valence-electron chi connectivity index (χ3n) is 3.37. The summed E-state index contributed by atoms with van der Waals surface area (Å²) in [5.74, 6) is -0.608. The number of nitrogens with two attached hydrogens (primary N) is 1. The molecule has 0 aliphatic carbocycles. The van der Waals surface area contributed by atoms with E-state index >= 15 is 0 Å². The van der Waals surface area contributed by atoms with Gasteiger partial charge in [-0.3, -0.25) is 4.90 Å². The minimum Gasteiger partial charge on any atom is -0.338 e. The third-order valence-corrected chi connectivity index (χ3v) is 3.37. The van der Waals surface area contributed by atoms with Crippen molar-refractivity contribution in [2.75, 3.05) is 13.1 Å². The van der Waals surface area contributed by atoms with Crippen molar-refractivity contribution in [3.8, 4) is 0 Å². The van der Waals surface area contributed by atoms with E-state index in [2.05, 4.69) is 10.1 Å². The zero-order valence-corrected chi connectivity index (χ0v) is 12.8. The molecule has 0 spiro atoms. The molecule has 1 aliphatic rings. The van der Waals surface area contributed by atoms with Gasteiger partial charge >= 0.3 is 6.18 Å². The highest BCUT2D eigenvalue weighted by molar-refractivity contribution is 5.85. The molecule has 0 amide bonds. The van der Waals surface area contributed by atoms with Crippen LogP contribution in [0.4, 0.5) is 13.2 Å². The van der Waals surface area contributed by atoms with Crippen LogP contribution in [0.15, 0.2) is 4.52 Å². The molecule has 1 unspecified atom stereocenters. The van der Waals surface area contributed by atoms with Crippen molar-refractivity contribution >= 4 is 12.4 Å². The summed E-state index contributed by atoms with van der Waals surface area (Å²) in [4.78, 5) is 5.83. The number of nitrogens with zero attached hydrogens (tertiary/aromatic N) is 3. The van der Waals surface area contributed by atoms with Crippen LogP contribution in [-0.4, -0.2) is 34.3 Å². The molecule has 1 saturated heterocycles. The summed E-state index contributed by atoms with van der Waals surface area (Å²) in [7, 11) is 0. The Morgan fingerprint density at radius 1 is 1.38 bits per heavy atom. The Kier molecular flexibility index (Phi) is 5.63. The first-order valence-corrected chi connectivity index (χ1v) is 6.57. The summed E-state index contributed by atoms with van der Waals surface area (Å²) >= 11 is 0. The first kappa shape index (κ1) is 18.2. The van der Waals surface area contributed by atoms with Crippen LogP contribution in [0.3, 0.4) is 0 Å². The highest BCUT2D eigenvalue weighted by Crippen LogP contribution is 2.33. The van der Waals surface area contributed by atoms with E-state index in [-0.39, 0.29) is 31.9 Å². The van der Waals surface area contributed by atoms with Gasteiger partial charge in [0.25, 0.3) is 0 Å². The summed E-state index contributed by atoms with van der Waals surface area (Å²) in [6.07, 6.45) is -3.43. The van der Waals surface area contributed by atoms with Crippen LogP contribution >= 0.6 is 12.4 Å². The second kappa shape index (κ2) is 6.50. The van der Waals surface area contributed by atoms with Crippen LogP contribution in [0.2, 0.25) is 0 Å². The van der Waals surface area contributed by atoms with E-state index in [4.69, 9.17) is 10.3 Å². The molecule has 1 aliphatic heterocycles. The van der Waals surface area contributed by atoms with Crippen molar-refractivity contribution in [2.24, 2.45) is 11.7 Å². The van der Waals surface area contributed by atoms with Crippen LogP contribution in [0.25, 0.3) is 0 Å². The van der Waals surface area contributed by atoms with Crippen molar-refractivity contribution in [2.45, 2.75) is 44.9 Å². The molecule has 2 N–H and O–H groups in total. The van der Waals surface area contributed by atoms with E-state index in [0.29, 0.717) is 24.7 Å². The molecule has 0 bridgehead atoms. The fourth-order valence-corrected chi connectivity index (χ4v) is 2.24. The van der Waals surface area contributed by atoms with Crippen LogP contribution in [0.5, 0.6) is 0 Å². The Labute approximate surface area is 127 Å². The van der Waals surface area contributed by atoms with Crippen molar-refractivity contribution < 1.29 is 17.7 Å². The van der Waals surface area contributed by atoms with E-state index in [9.17, 15) is 13.2 Å². The molecule has 2 heterocycles. The molecule has 0 aromatic carbocycles. The van der Waals surface area contributed by atoms with Gasteiger partial charge in [-0.1, -0.05) is 5.16 Å². The molecule has 0 radical (unpaired) electrons. The highest BCUT2D eigenvalue weighted by atomic mass is 35.5. The Morgan fingerprint density at radius 3 is 2.57 bits per heavy atom. The molecule has 2 rings (SSSR count). The van der Waals surface area contributed by atoms with Gasteiger partial charge < -0.3 is 10.3 Å². The number of hydrogen-bond donors (Lipinski definition) is 1. The topological polar surface area (TPSA) is 68.2 Å². The number of halogens is 4. The minimum atomic E-state index is -4.14. The molecule has 1 atom stereocenters. The van der Waals surface area contributed by atoms with E-state index in [1.807, 2.05) is 0 Å². The van der Waals surface area contributed by atoms with E-state index in [0.717, 1.165) is 0 Å². The zero-order valence-electron chi connectivity index (χ0n) is 12.0. The average molecular weight is 329 g/mol. The summed E-state index contributed by atoms with van der Waals surface area (Å²) in [5, 5.41) is 3.76. The molecular formula is C12H20ClF3N4O. The van der Waals surface area contributed by atoms with E-state index < -0.39 is 17.6 Å². The lowest BCUT2D eigenvalue weighted by molar-refractivity contribution is -0.187. The number of hydrogen-bond acceptors (Lipinski definition) is 5. The standard InChI is InChI=1S/C12H19F3N4O.ClH/c1-11(2,16)10-17-9(20-18-10)7-19-5-3-4-8(6-19)12(13,14)15;/h8H,3-7,16H2,1-2H3;1H. The van der Waals surface area contributed by atoms with Crippen molar-refractivity contribution in [1.29, 1.82) is 0 Å². The quantitative estimate of drug-likeness (QED) is 0.923. The lowest BCUT2D eigenvalue weighted by atomic mass is 9.97. The predicted molar refractivity (Wildman–Crippen MR) is 72.8 cm³/mol. The van der Waals surface area contributed by atoms with Crippen LogP contribution in [0.1, 0.15) is 38.4 Å². The monoisotopic (exact) mass is 328 g/mol. The van der Waals surface area contributed by atoms with Gasteiger partial charge in [0.05, 0.1) is 18.0 Å². The lowest BCUT2D eigenvalue weighted by Crippen LogP contribution is -2.41. The summed E-state index contributed by atoms with van der Waals surface area (Å²) in [6, 6.07) is 0. The van der Waals surface area contributed by atoms with Gasteiger partial charge in [0.15, 0.2) is 5.82 Å². The maximum atomic E-state index is 12.7. The zero-order chi connectivity index (χ0) is 15.0. The van der Waals surface area contributed by atoms with Gasteiger partial charge in [-0.15, -0.1) is 12.4 Å². The molecule has 122 valence electrons. The van der Waals surface area contributed by atoms with Gasteiger partial charge in [0.1, 0.15) is 0 Å². The third kappa shape index (κ3) is 4.82. The normalized spacial score (nSPS) is 21.1. The van der Waals surface area contributed by atoms with Crippen molar-refractivity contribution in [1.82, 2.24) is 15.0 Å². The van der Waals surface area contributed by atoms with Gasteiger partial charge in [0, 0.05) is 6.54 Å². The smallest absolute Gasteiger partial charge is 0.338 e. The first-order chi connectivity index (χ1) is 9.16.